The number of para-hydroxylation sites is 1. The van der Waals surface area contributed by atoms with Crippen molar-refractivity contribution in [2.45, 2.75) is 167 Å². The van der Waals surface area contributed by atoms with Crippen LogP contribution in [0.2, 0.25) is 0 Å². The van der Waals surface area contributed by atoms with Gasteiger partial charge in [-0.1, -0.05) is 112 Å². The first-order chi connectivity index (χ1) is 52.8. The second-order valence-corrected chi connectivity index (χ2v) is 38.2. The van der Waals surface area contributed by atoms with Crippen molar-refractivity contribution in [3.05, 3.63) is 117 Å². The second kappa shape index (κ2) is 47.6. The number of esters is 2. The van der Waals surface area contributed by atoms with Gasteiger partial charge in [0, 0.05) is 104 Å². The number of anilines is 2. The zero-order chi connectivity index (χ0) is 82.9. The number of hydrogen-bond donors (Lipinski definition) is 8. The monoisotopic (exact) mass is 1720 g/mol. The van der Waals surface area contributed by atoms with Crippen molar-refractivity contribution in [2.75, 3.05) is 114 Å². The number of rotatable bonds is 45. The third kappa shape index (κ3) is 33.2. The van der Waals surface area contributed by atoms with Crippen LogP contribution in [0.4, 0.5) is 17.3 Å². The predicted molar refractivity (Wildman–Crippen MR) is 435 cm³/mol. The van der Waals surface area contributed by atoms with E-state index in [1.165, 1.54) is 57.2 Å². The minimum atomic E-state index is -5.77. The maximum absolute atomic E-state index is 13.1. The Balaban J connectivity index is 0.000000390. The van der Waals surface area contributed by atoms with Gasteiger partial charge in [0.1, 0.15) is 24.8 Å². The average Bonchev–Trinajstić information content (AvgIpc) is 1.61. The van der Waals surface area contributed by atoms with Gasteiger partial charge in [0.15, 0.2) is 11.4 Å². The number of H-pyrrole nitrogens is 1. The SMILES string of the molecule is CCN1\C(=C/C=C/C=C/C2=[N+](CCCCCC(=O)NCCOCCOCCNC)c3ccc(C)cc3C2(C)C)C(C)(C)c2ccccc21.CCS(=S)CO[C@H]1C[C@H](n2cc(C#CCCC(=O)OCCCCOCSSC(C)(C)CCOC(C)=O)c3c(=O)[nH]c(N)nc32)O[C@@H]1COP(=O)(O)OP(=O)(O)OP(=O)(O)O.O=S(=O)=O. The normalized spacial score (nSPS) is 18.1. The minimum Gasteiger partial charge on any atom is -0.466 e. The van der Waals surface area contributed by atoms with Gasteiger partial charge in [0.25, 0.3) is 5.56 Å². The van der Waals surface area contributed by atoms with Crippen LogP contribution in [0.5, 0.6) is 0 Å². The van der Waals surface area contributed by atoms with Gasteiger partial charge >= 0.3 is 46.0 Å². The van der Waals surface area contributed by atoms with Gasteiger partial charge in [-0.2, -0.15) is 18.2 Å². The molecule has 7 rings (SSSR count). The molecule has 2 aromatic carbocycles. The van der Waals surface area contributed by atoms with Crippen molar-refractivity contribution >= 4 is 128 Å². The van der Waals surface area contributed by atoms with Crippen LogP contribution >= 0.6 is 45.1 Å². The molecule has 1 saturated heterocycles. The van der Waals surface area contributed by atoms with Gasteiger partial charge in [-0.25, -0.2) is 13.7 Å². The lowest BCUT2D eigenvalue weighted by atomic mass is 9.81. The number of likely N-dealkylation sites (N-methyl/N-ethyl adjacent to an activating group) is 2. The lowest BCUT2D eigenvalue weighted by Gasteiger charge is -2.25. The maximum atomic E-state index is 13.1. The first kappa shape index (κ1) is 97.0. The number of fused-ring (bicyclic) bond motifs is 3. The fourth-order valence-corrected chi connectivity index (χ4v) is 18.0. The molecule has 3 aliphatic rings. The molecule has 32 nitrogen and oxygen atoms in total. The summed E-state index contributed by atoms with van der Waals surface area (Å²) in [7, 11) is -15.5. The lowest BCUT2D eigenvalue weighted by molar-refractivity contribution is -0.438. The first-order valence-corrected chi connectivity index (χ1v) is 46.7. The molecule has 112 heavy (non-hydrogen) atoms. The van der Waals surface area contributed by atoms with Crippen LogP contribution < -0.4 is 26.8 Å². The highest BCUT2D eigenvalue weighted by molar-refractivity contribution is 8.77. The molecule has 1 fully saturated rings. The largest absolute Gasteiger partial charge is 0.490 e. The number of nitrogen functional groups attached to an aromatic ring is 1. The molecule has 5 heterocycles. The summed E-state index contributed by atoms with van der Waals surface area (Å²) in [5.74, 6) is 6.02. The van der Waals surface area contributed by atoms with Crippen LogP contribution in [-0.2, 0) is 116 Å². The fourth-order valence-electron chi connectivity index (χ4n) is 12.0. The number of nitrogens with zero attached hydrogens (tertiary/aromatic N) is 4. The number of benzene rings is 2. The standard InChI is InChI=1S/C41H58N4O3.C31H49N4O18P3S4.O3S/c1-8-44-35-18-15-14-17-33(35)40(3,4)37(44)19-11-9-12-20-38-41(5,6)34-31-32(2)22-23-36(34)45(38)26-16-10-13-21-39(46)43-25-28-48-30-29-47-27-24-42-7;1-5-60(57)20-49-23-16-25(51-24(23)18-50-55(42,43)53-56(44,45)52-54(39,40)41)35-17-22(27-28(35)33-30(32)34-29(27)38)10-6-7-11-26(37)48-14-9-8-13-46-19-58-59-31(3,4)12-15-47-21(2)36;1-4(2)3/h9,11-12,14-15,17-20,22-23,31,42H,8,10,13,16,21,24-30H2,1-7H3;17,23-25H,5,7-9,11-16,18-20H2,1-4H3,(H,42,43)(H,44,45)(H2,39,40,41)(H3,32,33,34,38);/p+1/t;23-,24+,25+,60?;/m.0./s1. The number of aromatic amines is 1. The summed E-state index contributed by atoms with van der Waals surface area (Å²) in [6.07, 6.45) is 15.1. The number of amides is 1. The number of nitrogens with one attached hydrogen (secondary N) is 3. The van der Waals surface area contributed by atoms with Crippen LogP contribution in [-0.4, -0.2) is 196 Å². The smallest absolute Gasteiger partial charge is 0.466 e. The van der Waals surface area contributed by atoms with Crippen LogP contribution in [0.25, 0.3) is 11.0 Å². The summed E-state index contributed by atoms with van der Waals surface area (Å²) in [5.41, 5.74) is 14.7. The lowest BCUT2D eigenvalue weighted by Crippen LogP contribution is -2.30. The summed E-state index contributed by atoms with van der Waals surface area (Å²) in [6.45, 7) is 26.9. The number of unbranched alkanes of at least 4 members (excludes halogenated alkanes) is 3. The number of aromatic nitrogens is 3. The summed E-state index contributed by atoms with van der Waals surface area (Å²) < 4.78 is 116. The molecule has 4 aromatic rings. The molecule has 3 aliphatic heterocycles. The summed E-state index contributed by atoms with van der Waals surface area (Å²) in [4.78, 5) is 94.9. The van der Waals surface area contributed by atoms with Crippen LogP contribution in [0.3, 0.4) is 0 Å². The Morgan fingerprint density at radius 2 is 1.58 bits per heavy atom. The highest BCUT2D eigenvalue weighted by atomic mass is 33.1. The number of hydrogen-bond acceptors (Lipinski definition) is 27. The van der Waals surface area contributed by atoms with E-state index in [4.69, 9.17) is 77.0 Å². The van der Waals surface area contributed by atoms with E-state index in [-0.39, 0.29) is 81.8 Å². The van der Waals surface area contributed by atoms with E-state index in [0.717, 1.165) is 38.9 Å². The van der Waals surface area contributed by atoms with Gasteiger partial charge in [-0.3, -0.25) is 28.7 Å². The second-order valence-electron chi connectivity index (χ2n) is 27.3. The molecule has 6 atom stereocenters. The van der Waals surface area contributed by atoms with Crippen LogP contribution in [0.1, 0.15) is 155 Å². The molecule has 40 heteroatoms. The fraction of sp³-hybridized carbons (Fsp3) is 0.583. The number of ether oxygens (including phenoxy) is 7. The number of carbonyl (C=O) groups is 3. The zero-order valence-electron chi connectivity index (χ0n) is 65.1. The molecule has 0 saturated carbocycles. The molecule has 0 bridgehead atoms. The average molecular weight is 1720 g/mol. The Morgan fingerprint density at radius 3 is 2.27 bits per heavy atom. The van der Waals surface area contributed by atoms with Crippen molar-refractivity contribution in [1.82, 2.24) is 25.2 Å². The van der Waals surface area contributed by atoms with E-state index >= 15 is 0 Å². The first-order valence-electron chi connectivity index (χ1n) is 36.3. The zero-order valence-corrected chi connectivity index (χ0v) is 71.9. The molecular weight excluding hydrogens is 1610 g/mol. The molecule has 9 N–H and O–H groups in total. The van der Waals surface area contributed by atoms with Gasteiger partial charge < -0.3 is 78.6 Å². The third-order valence-electron chi connectivity index (χ3n) is 17.4. The number of phosphoric acid groups is 3. The van der Waals surface area contributed by atoms with E-state index in [9.17, 15) is 42.7 Å². The molecule has 0 spiro atoms. The quantitative estimate of drug-likeness (QED) is 0.00298. The molecular formula is C72H108N8O24P3S5+. The minimum absolute atomic E-state index is 0.0187. The molecule has 2 aromatic heterocycles. The molecule has 0 radical (unpaired) electrons. The van der Waals surface area contributed by atoms with Gasteiger partial charge in [-0.15, -0.1) is 12.6 Å². The number of phosphoric ester groups is 1. The van der Waals surface area contributed by atoms with E-state index in [0.29, 0.717) is 83.6 Å². The number of aryl methyl sites for hydroxylation is 1. The summed E-state index contributed by atoms with van der Waals surface area (Å²) in [5, 5.41) is 6.07. The highest BCUT2D eigenvalue weighted by Crippen LogP contribution is 2.66. The number of nitrogens with two attached hydrogens (primary N) is 1. The van der Waals surface area contributed by atoms with Crippen molar-refractivity contribution in [3.8, 4) is 11.8 Å². The summed E-state index contributed by atoms with van der Waals surface area (Å²) in [6, 6.07) is 15.6. The van der Waals surface area contributed by atoms with E-state index in [1.807, 2.05) is 14.0 Å². The third-order valence-corrected chi connectivity index (χ3v) is 26.3. The number of carbonyl (C=O) groups excluding carboxylic acids is 3. The predicted octanol–water partition coefficient (Wildman–Crippen LogP) is 10.0. The Kier molecular flexibility index (Phi) is 41.2. The van der Waals surface area contributed by atoms with Crippen molar-refractivity contribution in [3.63, 3.8) is 0 Å². The van der Waals surface area contributed by atoms with Crippen molar-refractivity contribution in [2.24, 2.45) is 0 Å². The maximum Gasteiger partial charge on any atom is 0.490 e. The van der Waals surface area contributed by atoms with E-state index in [2.05, 4.69) is 179 Å². The van der Waals surface area contributed by atoms with E-state index < -0.39 is 80.1 Å². The van der Waals surface area contributed by atoms with Gasteiger partial charge in [-0.05, 0) is 121 Å². The summed E-state index contributed by atoms with van der Waals surface area (Å²) >= 11 is 5.36. The van der Waals surface area contributed by atoms with Crippen molar-refractivity contribution in [1.29, 1.82) is 0 Å². The van der Waals surface area contributed by atoms with Crippen LogP contribution in [0, 0.1) is 18.8 Å². The molecule has 0 aliphatic carbocycles. The number of allylic oxidation sites excluding steroid dienone is 6. The highest BCUT2D eigenvalue weighted by Gasteiger charge is 2.46. The van der Waals surface area contributed by atoms with Crippen molar-refractivity contribution < 1.29 is 111 Å². The van der Waals surface area contributed by atoms with Gasteiger partial charge in [0.05, 0.1) is 81.1 Å². The molecule has 1 amide bonds. The Bertz CT molecular complexity index is 4340. The van der Waals surface area contributed by atoms with Crippen LogP contribution in [0.15, 0.2) is 89.5 Å². The Labute approximate surface area is 671 Å². The van der Waals surface area contributed by atoms with Gasteiger partial charge in [0.2, 0.25) is 17.5 Å². The molecule has 624 valence electrons. The topological polar surface area (TPSA) is 434 Å². The molecule has 3 unspecified atom stereocenters. The Morgan fingerprint density at radius 1 is 0.875 bits per heavy atom. The Hall–Kier alpha value is -5.62. The van der Waals surface area contributed by atoms with E-state index in [1.54, 1.807) is 21.6 Å².